The van der Waals surface area contributed by atoms with E-state index in [1.807, 2.05) is 23.1 Å². The molecule has 6 nitrogen and oxygen atoms in total. The number of carbonyl (C=O) groups is 2. The van der Waals surface area contributed by atoms with Crippen molar-refractivity contribution in [1.82, 2.24) is 4.90 Å². The van der Waals surface area contributed by atoms with Crippen LogP contribution in [0.4, 0.5) is 15.8 Å². The van der Waals surface area contributed by atoms with Crippen molar-refractivity contribution in [3.63, 3.8) is 0 Å². The van der Waals surface area contributed by atoms with E-state index in [4.69, 9.17) is 4.74 Å². The number of nitrogens with zero attached hydrogens (tertiary/aromatic N) is 2. The third-order valence-corrected chi connectivity index (χ3v) is 5.60. The van der Waals surface area contributed by atoms with Crippen molar-refractivity contribution < 1.29 is 18.7 Å². The van der Waals surface area contributed by atoms with E-state index in [1.54, 1.807) is 12.1 Å². The average Bonchev–Trinajstić information content (AvgIpc) is 2.77. The van der Waals surface area contributed by atoms with Gasteiger partial charge in [0.25, 0.3) is 0 Å². The van der Waals surface area contributed by atoms with E-state index in [9.17, 15) is 14.0 Å². The SMILES string of the molecule is O=C1CCc2cc(OCCCC(=O)N3CCN(c4ccc(F)cc4)CC3)ccc2N1. The van der Waals surface area contributed by atoms with Gasteiger partial charge in [0.2, 0.25) is 11.8 Å². The quantitative estimate of drug-likeness (QED) is 0.742. The molecular formula is C23H26FN3O3. The summed E-state index contributed by atoms with van der Waals surface area (Å²) >= 11 is 0. The van der Waals surface area contributed by atoms with Crippen molar-refractivity contribution in [3.8, 4) is 5.75 Å². The van der Waals surface area contributed by atoms with Gasteiger partial charge in [-0.3, -0.25) is 9.59 Å². The van der Waals surface area contributed by atoms with Crippen LogP contribution in [-0.2, 0) is 16.0 Å². The molecule has 1 saturated heterocycles. The first-order chi connectivity index (χ1) is 14.6. The standard InChI is InChI=1S/C23H26FN3O3/c24-18-4-6-19(7-5-18)26-11-13-27(14-12-26)23(29)2-1-15-30-20-8-9-21-17(16-20)3-10-22(28)25-21/h4-9,16H,1-3,10-15H2,(H,25,28). The topological polar surface area (TPSA) is 61.9 Å². The number of rotatable bonds is 6. The third kappa shape index (κ3) is 4.90. The number of aryl methyl sites for hydroxylation is 1. The molecule has 0 saturated carbocycles. The fourth-order valence-electron chi connectivity index (χ4n) is 3.89. The minimum Gasteiger partial charge on any atom is -0.494 e. The molecule has 0 aromatic heterocycles. The van der Waals surface area contributed by atoms with Crippen LogP contribution < -0.4 is 15.0 Å². The van der Waals surface area contributed by atoms with Gasteiger partial charge in [0.05, 0.1) is 6.61 Å². The molecule has 7 heteroatoms. The molecule has 2 aromatic carbocycles. The number of fused-ring (bicyclic) bond motifs is 1. The Hall–Kier alpha value is -3.09. The zero-order chi connectivity index (χ0) is 20.9. The lowest BCUT2D eigenvalue weighted by atomic mass is 10.0. The summed E-state index contributed by atoms with van der Waals surface area (Å²) < 4.78 is 18.9. The Labute approximate surface area is 175 Å². The number of amides is 2. The number of benzene rings is 2. The molecule has 2 aliphatic rings. The van der Waals surface area contributed by atoms with E-state index >= 15 is 0 Å². The summed E-state index contributed by atoms with van der Waals surface area (Å²) in [6.07, 6.45) is 2.34. The average molecular weight is 411 g/mol. The highest BCUT2D eigenvalue weighted by atomic mass is 19.1. The lowest BCUT2D eigenvalue weighted by Gasteiger charge is -2.36. The fraction of sp³-hybridized carbons (Fsp3) is 0.391. The Bertz CT molecular complexity index is 908. The summed E-state index contributed by atoms with van der Waals surface area (Å²) in [7, 11) is 0. The molecule has 0 bridgehead atoms. The Morgan fingerprint density at radius 3 is 2.57 bits per heavy atom. The molecule has 30 heavy (non-hydrogen) atoms. The molecular weight excluding hydrogens is 385 g/mol. The maximum atomic E-state index is 13.1. The predicted octanol–water partition coefficient (Wildman–Crippen LogP) is 3.22. The van der Waals surface area contributed by atoms with Crippen LogP contribution in [0.5, 0.6) is 5.75 Å². The minimum absolute atomic E-state index is 0.0492. The molecule has 0 aliphatic carbocycles. The van der Waals surface area contributed by atoms with Crippen molar-refractivity contribution in [1.29, 1.82) is 0 Å². The minimum atomic E-state index is -0.239. The molecule has 2 aliphatic heterocycles. The van der Waals surface area contributed by atoms with Gasteiger partial charge in [0.1, 0.15) is 11.6 Å². The van der Waals surface area contributed by atoms with Crippen LogP contribution in [0.1, 0.15) is 24.8 Å². The van der Waals surface area contributed by atoms with E-state index in [0.717, 1.165) is 42.2 Å². The first-order valence-electron chi connectivity index (χ1n) is 10.4. The van der Waals surface area contributed by atoms with Gasteiger partial charge in [-0.15, -0.1) is 0 Å². The maximum absolute atomic E-state index is 13.1. The molecule has 158 valence electrons. The number of nitrogens with one attached hydrogen (secondary N) is 1. The number of hydrogen-bond donors (Lipinski definition) is 1. The van der Waals surface area contributed by atoms with E-state index < -0.39 is 0 Å². The molecule has 0 spiro atoms. The highest BCUT2D eigenvalue weighted by molar-refractivity contribution is 5.94. The normalized spacial score (nSPS) is 16.1. The van der Waals surface area contributed by atoms with Crippen LogP contribution in [0.15, 0.2) is 42.5 Å². The van der Waals surface area contributed by atoms with Crippen LogP contribution in [-0.4, -0.2) is 49.5 Å². The molecule has 1 fully saturated rings. The third-order valence-electron chi connectivity index (χ3n) is 5.60. The second-order valence-corrected chi connectivity index (χ2v) is 7.66. The van der Waals surface area contributed by atoms with Crippen LogP contribution in [0.2, 0.25) is 0 Å². The summed E-state index contributed by atoms with van der Waals surface area (Å²) in [5, 5.41) is 2.86. The van der Waals surface area contributed by atoms with Gasteiger partial charge in [0.15, 0.2) is 0 Å². The maximum Gasteiger partial charge on any atom is 0.224 e. The first-order valence-corrected chi connectivity index (χ1v) is 10.4. The summed E-state index contributed by atoms with van der Waals surface area (Å²) in [5.74, 6) is 0.723. The zero-order valence-electron chi connectivity index (χ0n) is 16.9. The highest BCUT2D eigenvalue weighted by Crippen LogP contribution is 2.27. The molecule has 4 rings (SSSR count). The van der Waals surface area contributed by atoms with E-state index in [1.165, 1.54) is 12.1 Å². The number of halogens is 1. The van der Waals surface area contributed by atoms with Crippen LogP contribution in [0, 0.1) is 5.82 Å². The number of piperazine rings is 1. The summed E-state index contributed by atoms with van der Waals surface area (Å²) in [5.41, 5.74) is 2.93. The largest absolute Gasteiger partial charge is 0.494 e. The van der Waals surface area contributed by atoms with Gasteiger partial charge in [0, 0.05) is 50.4 Å². The zero-order valence-corrected chi connectivity index (χ0v) is 16.9. The lowest BCUT2D eigenvalue weighted by Crippen LogP contribution is -2.48. The lowest BCUT2D eigenvalue weighted by molar-refractivity contribution is -0.131. The van der Waals surface area contributed by atoms with Crippen LogP contribution in [0.3, 0.4) is 0 Å². The summed E-state index contributed by atoms with van der Waals surface area (Å²) in [4.78, 5) is 28.0. The molecule has 0 unspecified atom stereocenters. The predicted molar refractivity (Wildman–Crippen MR) is 113 cm³/mol. The van der Waals surface area contributed by atoms with Gasteiger partial charge in [-0.25, -0.2) is 4.39 Å². The van der Waals surface area contributed by atoms with Gasteiger partial charge in [-0.2, -0.15) is 0 Å². The van der Waals surface area contributed by atoms with Crippen molar-refractivity contribution in [3.05, 3.63) is 53.8 Å². The molecule has 2 heterocycles. The van der Waals surface area contributed by atoms with E-state index in [2.05, 4.69) is 10.2 Å². The second-order valence-electron chi connectivity index (χ2n) is 7.66. The smallest absolute Gasteiger partial charge is 0.224 e. The second kappa shape index (κ2) is 9.15. The first kappa shape index (κ1) is 20.2. The summed E-state index contributed by atoms with van der Waals surface area (Å²) in [6.45, 7) is 3.33. The Kier molecular flexibility index (Phi) is 6.16. The monoisotopic (exact) mass is 411 g/mol. The number of carbonyl (C=O) groups excluding carboxylic acids is 2. The van der Waals surface area contributed by atoms with Gasteiger partial charge in [-0.05, 0) is 60.9 Å². The van der Waals surface area contributed by atoms with Crippen molar-refractivity contribution in [2.24, 2.45) is 0 Å². The van der Waals surface area contributed by atoms with Gasteiger partial charge >= 0.3 is 0 Å². The van der Waals surface area contributed by atoms with E-state index in [0.29, 0.717) is 39.0 Å². The van der Waals surface area contributed by atoms with Crippen molar-refractivity contribution in [2.45, 2.75) is 25.7 Å². The molecule has 2 aromatic rings. The highest BCUT2D eigenvalue weighted by Gasteiger charge is 2.21. The number of ether oxygens (including phenoxy) is 1. The van der Waals surface area contributed by atoms with Crippen LogP contribution >= 0.6 is 0 Å². The van der Waals surface area contributed by atoms with Crippen LogP contribution in [0.25, 0.3) is 0 Å². The van der Waals surface area contributed by atoms with Crippen molar-refractivity contribution >= 4 is 23.2 Å². The molecule has 1 N–H and O–H groups in total. The molecule has 0 radical (unpaired) electrons. The number of hydrogen-bond acceptors (Lipinski definition) is 4. The van der Waals surface area contributed by atoms with Gasteiger partial charge < -0.3 is 19.9 Å². The van der Waals surface area contributed by atoms with Crippen molar-refractivity contribution in [2.75, 3.05) is 43.0 Å². The number of anilines is 2. The van der Waals surface area contributed by atoms with E-state index in [-0.39, 0.29) is 17.6 Å². The molecule has 0 atom stereocenters. The van der Waals surface area contributed by atoms with Gasteiger partial charge in [-0.1, -0.05) is 0 Å². The fourth-order valence-corrected chi connectivity index (χ4v) is 3.89. The molecule has 2 amide bonds. The Morgan fingerprint density at radius 1 is 1.03 bits per heavy atom. The Morgan fingerprint density at radius 2 is 1.80 bits per heavy atom. The Balaban J connectivity index is 1.18. The summed E-state index contributed by atoms with van der Waals surface area (Å²) in [6, 6.07) is 12.2.